The van der Waals surface area contributed by atoms with Crippen LogP contribution in [-0.2, 0) is 4.79 Å². The van der Waals surface area contributed by atoms with Crippen LogP contribution in [0.15, 0.2) is 30.3 Å². The molecule has 0 spiro atoms. The van der Waals surface area contributed by atoms with Gasteiger partial charge in [0.2, 0.25) is 5.91 Å². The number of nitrogens with zero attached hydrogens (tertiary/aromatic N) is 2. The molecule has 2 saturated heterocycles. The molecule has 24 heavy (non-hydrogen) atoms. The van der Waals surface area contributed by atoms with Crippen molar-refractivity contribution in [3.8, 4) is 0 Å². The molecule has 2 atom stereocenters. The van der Waals surface area contributed by atoms with Crippen molar-refractivity contribution in [2.24, 2.45) is 0 Å². The van der Waals surface area contributed by atoms with Gasteiger partial charge in [-0.15, -0.1) is 0 Å². The van der Waals surface area contributed by atoms with Crippen LogP contribution in [0.25, 0.3) is 6.08 Å². The van der Waals surface area contributed by atoms with Gasteiger partial charge in [-0.05, 0) is 63.0 Å². The molecular weight excluding hydrogens is 304 g/mol. The molecule has 0 saturated carbocycles. The van der Waals surface area contributed by atoms with Crippen LogP contribution < -0.4 is 0 Å². The van der Waals surface area contributed by atoms with E-state index in [1.165, 1.54) is 12.8 Å². The quantitative estimate of drug-likeness (QED) is 0.863. The number of carbonyl (C=O) groups excluding carboxylic acids is 1. The van der Waals surface area contributed by atoms with E-state index < -0.39 is 5.97 Å². The van der Waals surface area contributed by atoms with Crippen LogP contribution in [0.3, 0.4) is 0 Å². The van der Waals surface area contributed by atoms with E-state index in [0.717, 1.165) is 31.6 Å². The summed E-state index contributed by atoms with van der Waals surface area (Å²) in [6, 6.07) is 7.26. The number of hydrogen-bond acceptors (Lipinski definition) is 3. The third-order valence-electron chi connectivity index (χ3n) is 5.18. The van der Waals surface area contributed by atoms with Crippen LogP contribution in [0.5, 0.6) is 0 Å². The van der Waals surface area contributed by atoms with Gasteiger partial charge in [0.25, 0.3) is 0 Å². The largest absolute Gasteiger partial charge is 0.478 e. The van der Waals surface area contributed by atoms with Gasteiger partial charge in [0.15, 0.2) is 0 Å². The molecule has 2 aliphatic heterocycles. The molecule has 1 N–H and O–H groups in total. The van der Waals surface area contributed by atoms with Gasteiger partial charge in [0.05, 0.1) is 5.56 Å². The lowest BCUT2D eigenvalue weighted by Gasteiger charge is -2.29. The number of hydrogen-bond donors (Lipinski definition) is 1. The number of carboxylic acid groups (broad SMARTS) is 1. The number of rotatable bonds is 4. The molecule has 5 heteroatoms. The predicted molar refractivity (Wildman–Crippen MR) is 92.8 cm³/mol. The fourth-order valence-corrected chi connectivity index (χ4v) is 3.80. The second-order valence-corrected chi connectivity index (χ2v) is 6.63. The summed E-state index contributed by atoms with van der Waals surface area (Å²) >= 11 is 0. The van der Waals surface area contributed by atoms with Crippen LogP contribution in [0.1, 0.15) is 42.1 Å². The maximum Gasteiger partial charge on any atom is 0.335 e. The Bertz CT molecular complexity index is 633. The van der Waals surface area contributed by atoms with Crippen LogP contribution in [0.2, 0.25) is 0 Å². The third kappa shape index (κ3) is 3.51. The average Bonchev–Trinajstić information content (AvgIpc) is 3.22. The SMILES string of the molecule is CC1C(N2CCCC2)CCN1C(=O)/C=C/c1ccc(C(=O)O)cc1. The van der Waals surface area contributed by atoms with Gasteiger partial charge in [-0.25, -0.2) is 4.79 Å². The summed E-state index contributed by atoms with van der Waals surface area (Å²) in [6.45, 7) is 5.26. The summed E-state index contributed by atoms with van der Waals surface area (Å²) in [5.74, 6) is -0.910. The topological polar surface area (TPSA) is 60.9 Å². The first-order valence-electron chi connectivity index (χ1n) is 8.62. The molecule has 5 nitrogen and oxygen atoms in total. The summed E-state index contributed by atoms with van der Waals surface area (Å²) in [6.07, 6.45) is 6.93. The molecule has 0 radical (unpaired) electrons. The summed E-state index contributed by atoms with van der Waals surface area (Å²) in [4.78, 5) is 27.8. The van der Waals surface area contributed by atoms with Crippen molar-refractivity contribution in [1.82, 2.24) is 9.80 Å². The summed E-state index contributed by atoms with van der Waals surface area (Å²) < 4.78 is 0. The first kappa shape index (κ1) is 16.7. The number of likely N-dealkylation sites (tertiary alicyclic amines) is 2. The van der Waals surface area contributed by atoms with Gasteiger partial charge in [-0.2, -0.15) is 0 Å². The molecule has 2 unspecified atom stereocenters. The zero-order valence-electron chi connectivity index (χ0n) is 14.0. The van der Waals surface area contributed by atoms with Gasteiger partial charge in [0.1, 0.15) is 0 Å². The third-order valence-corrected chi connectivity index (χ3v) is 5.18. The fraction of sp³-hybridized carbons (Fsp3) is 0.474. The Kier molecular flexibility index (Phi) is 5.00. The molecule has 1 aromatic carbocycles. The minimum absolute atomic E-state index is 0.0338. The highest BCUT2D eigenvalue weighted by Gasteiger charge is 2.37. The number of carboxylic acids is 1. The lowest BCUT2D eigenvalue weighted by molar-refractivity contribution is -0.126. The molecule has 3 rings (SSSR count). The zero-order chi connectivity index (χ0) is 17.1. The van der Waals surface area contributed by atoms with Crippen molar-refractivity contribution in [3.63, 3.8) is 0 Å². The Morgan fingerprint density at radius 1 is 1.12 bits per heavy atom. The minimum Gasteiger partial charge on any atom is -0.478 e. The molecular formula is C19H24N2O3. The van der Waals surface area contributed by atoms with Crippen molar-refractivity contribution >= 4 is 18.0 Å². The van der Waals surface area contributed by atoms with Crippen molar-refractivity contribution in [2.75, 3.05) is 19.6 Å². The molecule has 0 bridgehead atoms. The van der Waals surface area contributed by atoms with Crippen LogP contribution >= 0.6 is 0 Å². The van der Waals surface area contributed by atoms with Gasteiger partial charge < -0.3 is 10.0 Å². The number of aromatic carboxylic acids is 1. The smallest absolute Gasteiger partial charge is 0.335 e. The lowest BCUT2D eigenvalue weighted by Crippen LogP contribution is -2.43. The van der Waals surface area contributed by atoms with E-state index in [1.54, 1.807) is 36.4 Å². The van der Waals surface area contributed by atoms with Crippen LogP contribution in [-0.4, -0.2) is 58.5 Å². The first-order chi connectivity index (χ1) is 11.6. The predicted octanol–water partition coefficient (Wildman–Crippen LogP) is 2.48. The highest BCUT2D eigenvalue weighted by Crippen LogP contribution is 2.26. The van der Waals surface area contributed by atoms with E-state index >= 15 is 0 Å². The number of benzene rings is 1. The Hall–Kier alpha value is -2.14. The van der Waals surface area contributed by atoms with E-state index in [2.05, 4.69) is 11.8 Å². The van der Waals surface area contributed by atoms with Crippen molar-refractivity contribution in [3.05, 3.63) is 41.5 Å². The Labute approximate surface area is 142 Å². The van der Waals surface area contributed by atoms with E-state index in [1.807, 2.05) is 4.90 Å². The highest BCUT2D eigenvalue weighted by atomic mass is 16.4. The van der Waals surface area contributed by atoms with Crippen molar-refractivity contribution in [2.45, 2.75) is 38.3 Å². The second-order valence-electron chi connectivity index (χ2n) is 6.63. The minimum atomic E-state index is -0.944. The Morgan fingerprint density at radius 3 is 2.42 bits per heavy atom. The van der Waals surface area contributed by atoms with Gasteiger partial charge in [0, 0.05) is 24.7 Å². The summed E-state index contributed by atoms with van der Waals surface area (Å²) in [5, 5.41) is 8.90. The summed E-state index contributed by atoms with van der Waals surface area (Å²) in [7, 11) is 0. The van der Waals surface area contributed by atoms with E-state index in [-0.39, 0.29) is 17.5 Å². The lowest BCUT2D eigenvalue weighted by atomic mass is 10.1. The van der Waals surface area contributed by atoms with Crippen LogP contribution in [0, 0.1) is 0 Å². The standard InChI is InChI=1S/C19H24N2O3/c1-14-17(20-11-2-3-12-20)10-13-21(14)18(22)9-6-15-4-7-16(8-5-15)19(23)24/h4-9,14,17H,2-3,10-13H2,1H3,(H,23,24)/b9-6+. The molecule has 1 amide bonds. The van der Waals surface area contributed by atoms with Crippen molar-refractivity contribution < 1.29 is 14.7 Å². The van der Waals surface area contributed by atoms with E-state index in [4.69, 9.17) is 5.11 Å². The number of amides is 1. The Morgan fingerprint density at radius 2 is 1.79 bits per heavy atom. The average molecular weight is 328 g/mol. The molecule has 0 aliphatic carbocycles. The van der Waals surface area contributed by atoms with Gasteiger partial charge in [-0.1, -0.05) is 12.1 Å². The maximum atomic E-state index is 12.5. The normalized spacial score (nSPS) is 24.8. The monoisotopic (exact) mass is 328 g/mol. The fourth-order valence-electron chi connectivity index (χ4n) is 3.80. The Balaban J connectivity index is 1.61. The number of carbonyl (C=O) groups is 2. The second kappa shape index (κ2) is 7.18. The van der Waals surface area contributed by atoms with Gasteiger partial charge >= 0.3 is 5.97 Å². The maximum absolute atomic E-state index is 12.5. The molecule has 2 heterocycles. The highest BCUT2D eigenvalue weighted by molar-refractivity contribution is 5.92. The van der Waals surface area contributed by atoms with Gasteiger partial charge in [-0.3, -0.25) is 9.69 Å². The summed E-state index contributed by atoms with van der Waals surface area (Å²) in [5.41, 5.74) is 1.08. The van der Waals surface area contributed by atoms with Crippen LogP contribution in [0.4, 0.5) is 0 Å². The molecule has 2 fully saturated rings. The molecule has 128 valence electrons. The molecule has 1 aromatic rings. The van der Waals surface area contributed by atoms with E-state index in [9.17, 15) is 9.59 Å². The molecule has 2 aliphatic rings. The van der Waals surface area contributed by atoms with Crippen molar-refractivity contribution in [1.29, 1.82) is 0 Å². The van der Waals surface area contributed by atoms with E-state index in [0.29, 0.717) is 6.04 Å². The molecule has 0 aromatic heterocycles. The zero-order valence-corrected chi connectivity index (χ0v) is 14.0. The first-order valence-corrected chi connectivity index (χ1v) is 8.62.